The highest BCUT2D eigenvalue weighted by molar-refractivity contribution is 7.98. The van der Waals surface area contributed by atoms with E-state index in [0.717, 1.165) is 0 Å². The van der Waals surface area contributed by atoms with E-state index in [0.29, 0.717) is 12.2 Å². The van der Waals surface area contributed by atoms with Gasteiger partial charge in [-0.3, -0.25) is 19.4 Å². The van der Waals surface area contributed by atoms with E-state index in [1.54, 1.807) is 27.7 Å². The van der Waals surface area contributed by atoms with E-state index >= 15 is 0 Å². The highest BCUT2D eigenvalue weighted by Gasteiger charge is 2.31. The third-order valence-electron chi connectivity index (χ3n) is 5.07. The summed E-state index contributed by atoms with van der Waals surface area (Å²) in [6.07, 6.45) is 2.58. The predicted molar refractivity (Wildman–Crippen MR) is 134 cm³/mol. The van der Waals surface area contributed by atoms with Crippen LogP contribution in [0.25, 0.3) is 0 Å². The van der Waals surface area contributed by atoms with Crippen molar-refractivity contribution in [3.05, 3.63) is 0 Å². The van der Waals surface area contributed by atoms with Gasteiger partial charge in [0.2, 0.25) is 17.7 Å². The lowest BCUT2D eigenvalue weighted by atomic mass is 9.99. The quantitative estimate of drug-likeness (QED) is 0.0777. The molecule has 13 heteroatoms. The van der Waals surface area contributed by atoms with Gasteiger partial charge in [-0.2, -0.15) is 11.8 Å². The number of nitrogens with two attached hydrogens (primary N) is 3. The second-order valence-corrected chi connectivity index (χ2v) is 9.68. The topological polar surface area (TPSA) is 215 Å². The number of aliphatic imine (C=N–C) groups is 1. The van der Waals surface area contributed by atoms with Crippen LogP contribution in [0.1, 0.15) is 47.0 Å². The summed E-state index contributed by atoms with van der Waals surface area (Å²) in [5.41, 5.74) is 16.5. The smallest absolute Gasteiger partial charge is 0.326 e. The zero-order chi connectivity index (χ0) is 26.4. The molecule has 3 amide bonds. The molecular formula is C21H41N7O5S. The molecule has 0 aromatic heterocycles. The van der Waals surface area contributed by atoms with Crippen molar-refractivity contribution in [1.82, 2.24) is 16.0 Å². The Bertz CT molecular complexity index is 714. The van der Waals surface area contributed by atoms with E-state index in [9.17, 15) is 24.3 Å². The number of hydrogen-bond acceptors (Lipinski definition) is 7. The van der Waals surface area contributed by atoms with Crippen LogP contribution in [0, 0.1) is 11.8 Å². The molecule has 0 aliphatic carbocycles. The first kappa shape index (κ1) is 31.5. The third kappa shape index (κ3) is 12.1. The number of aliphatic carboxylic acids is 1. The van der Waals surface area contributed by atoms with E-state index in [1.165, 1.54) is 11.8 Å². The van der Waals surface area contributed by atoms with E-state index in [2.05, 4.69) is 20.9 Å². The maximum atomic E-state index is 13.0. The standard InChI is InChI=1S/C21H41N7O5S/c1-11(2)15(22)18(30)28-16(12(3)4)19(31)26-13(7-6-9-25-21(23)24)17(29)27-14(20(32)33)8-10-34-5/h11-16H,6-10,22H2,1-5H3,(H,26,31)(H,27,29)(H,28,30)(H,32,33)(H4,23,24,25). The van der Waals surface area contributed by atoms with Gasteiger partial charge in [0.25, 0.3) is 0 Å². The minimum Gasteiger partial charge on any atom is -0.480 e. The summed E-state index contributed by atoms with van der Waals surface area (Å²) in [6, 6.07) is -3.87. The molecule has 10 N–H and O–H groups in total. The number of carbonyl (C=O) groups excluding carboxylic acids is 3. The molecule has 196 valence electrons. The summed E-state index contributed by atoms with van der Waals surface area (Å²) in [4.78, 5) is 53.8. The highest BCUT2D eigenvalue weighted by atomic mass is 32.2. The first-order valence-corrected chi connectivity index (χ1v) is 12.6. The van der Waals surface area contributed by atoms with E-state index in [4.69, 9.17) is 17.2 Å². The molecule has 0 aliphatic rings. The van der Waals surface area contributed by atoms with Crippen LogP contribution in [-0.4, -0.2) is 77.5 Å². The number of carboxylic acids is 1. The largest absolute Gasteiger partial charge is 0.480 e. The molecule has 12 nitrogen and oxygen atoms in total. The Balaban J connectivity index is 5.53. The molecule has 0 saturated carbocycles. The molecule has 0 heterocycles. The molecule has 0 radical (unpaired) electrons. The predicted octanol–water partition coefficient (Wildman–Crippen LogP) is -1.03. The van der Waals surface area contributed by atoms with Crippen LogP contribution in [0.15, 0.2) is 4.99 Å². The van der Waals surface area contributed by atoms with Gasteiger partial charge in [0.05, 0.1) is 6.04 Å². The maximum absolute atomic E-state index is 13.0. The Kier molecular flexibility index (Phi) is 14.9. The summed E-state index contributed by atoms with van der Waals surface area (Å²) in [5, 5.41) is 17.2. The zero-order valence-corrected chi connectivity index (χ0v) is 21.5. The molecule has 4 unspecified atom stereocenters. The van der Waals surface area contributed by atoms with Crippen LogP contribution < -0.4 is 33.2 Å². The van der Waals surface area contributed by atoms with Crippen LogP contribution in [0.3, 0.4) is 0 Å². The van der Waals surface area contributed by atoms with Crippen molar-refractivity contribution in [2.24, 2.45) is 34.0 Å². The second-order valence-electron chi connectivity index (χ2n) is 8.69. The molecule has 0 rings (SSSR count). The van der Waals surface area contributed by atoms with Gasteiger partial charge in [0, 0.05) is 6.54 Å². The molecule has 0 aromatic rings. The van der Waals surface area contributed by atoms with Crippen molar-refractivity contribution in [1.29, 1.82) is 0 Å². The van der Waals surface area contributed by atoms with Crippen LogP contribution in [0.5, 0.6) is 0 Å². The van der Waals surface area contributed by atoms with Gasteiger partial charge in [-0.05, 0) is 43.1 Å². The maximum Gasteiger partial charge on any atom is 0.326 e. The molecule has 0 aromatic carbocycles. The van der Waals surface area contributed by atoms with Gasteiger partial charge in [0.15, 0.2) is 5.96 Å². The summed E-state index contributed by atoms with van der Waals surface area (Å²) >= 11 is 1.46. The van der Waals surface area contributed by atoms with Gasteiger partial charge in [-0.15, -0.1) is 0 Å². The Morgan fingerprint density at radius 2 is 1.47 bits per heavy atom. The van der Waals surface area contributed by atoms with Crippen molar-refractivity contribution in [2.75, 3.05) is 18.6 Å². The normalized spacial score (nSPS) is 14.6. The zero-order valence-electron chi connectivity index (χ0n) is 20.7. The average Bonchev–Trinajstić information content (AvgIpc) is 2.74. The second kappa shape index (κ2) is 16.1. The fourth-order valence-electron chi connectivity index (χ4n) is 2.89. The molecule has 0 fully saturated rings. The molecule has 0 spiro atoms. The van der Waals surface area contributed by atoms with Crippen molar-refractivity contribution in [3.8, 4) is 0 Å². The first-order chi connectivity index (χ1) is 15.8. The Labute approximate surface area is 205 Å². The highest BCUT2D eigenvalue weighted by Crippen LogP contribution is 2.08. The molecule has 0 aliphatic heterocycles. The number of carboxylic acid groups (broad SMARTS) is 1. The van der Waals surface area contributed by atoms with Gasteiger partial charge in [-0.1, -0.05) is 27.7 Å². The van der Waals surface area contributed by atoms with Crippen molar-refractivity contribution in [3.63, 3.8) is 0 Å². The molecule has 4 atom stereocenters. The number of rotatable bonds is 16. The lowest BCUT2D eigenvalue weighted by Gasteiger charge is -2.27. The fraction of sp³-hybridized carbons (Fsp3) is 0.762. The van der Waals surface area contributed by atoms with Gasteiger partial charge in [-0.25, -0.2) is 4.79 Å². The Morgan fingerprint density at radius 1 is 0.882 bits per heavy atom. The molecular weight excluding hydrogens is 462 g/mol. The van der Waals surface area contributed by atoms with Crippen molar-refractivity contribution < 1.29 is 24.3 Å². The minimum absolute atomic E-state index is 0.0999. The van der Waals surface area contributed by atoms with Gasteiger partial charge >= 0.3 is 5.97 Å². The lowest BCUT2D eigenvalue weighted by molar-refractivity contribution is -0.142. The van der Waals surface area contributed by atoms with E-state index < -0.39 is 47.9 Å². The van der Waals surface area contributed by atoms with Crippen LogP contribution in [0.2, 0.25) is 0 Å². The van der Waals surface area contributed by atoms with E-state index in [-0.39, 0.29) is 37.2 Å². The number of nitrogens with one attached hydrogen (secondary N) is 3. The number of amides is 3. The third-order valence-corrected chi connectivity index (χ3v) is 5.72. The van der Waals surface area contributed by atoms with Crippen LogP contribution in [-0.2, 0) is 19.2 Å². The van der Waals surface area contributed by atoms with Gasteiger partial charge in [0.1, 0.15) is 18.1 Å². The number of nitrogens with zero attached hydrogens (tertiary/aromatic N) is 1. The Morgan fingerprint density at radius 3 is 1.94 bits per heavy atom. The Hall–Kier alpha value is -2.54. The summed E-state index contributed by atoms with van der Waals surface area (Å²) in [5.74, 6) is -2.82. The fourth-order valence-corrected chi connectivity index (χ4v) is 3.36. The average molecular weight is 504 g/mol. The summed E-state index contributed by atoms with van der Waals surface area (Å²) < 4.78 is 0. The molecule has 0 bridgehead atoms. The van der Waals surface area contributed by atoms with Gasteiger partial charge < -0.3 is 38.3 Å². The minimum atomic E-state index is -1.16. The number of carbonyl (C=O) groups is 4. The van der Waals surface area contributed by atoms with Crippen molar-refractivity contribution >= 4 is 41.4 Å². The first-order valence-electron chi connectivity index (χ1n) is 11.3. The number of hydrogen-bond donors (Lipinski definition) is 7. The van der Waals surface area contributed by atoms with Crippen LogP contribution >= 0.6 is 11.8 Å². The van der Waals surface area contributed by atoms with E-state index in [1.807, 2.05) is 6.26 Å². The number of guanidine groups is 1. The SMILES string of the molecule is CSCCC(NC(=O)C(CCCN=C(N)N)NC(=O)C(NC(=O)C(N)C(C)C)C(C)C)C(=O)O. The van der Waals surface area contributed by atoms with Crippen LogP contribution in [0.4, 0.5) is 0 Å². The summed E-state index contributed by atoms with van der Waals surface area (Å²) in [6.45, 7) is 7.32. The molecule has 0 saturated heterocycles. The molecule has 34 heavy (non-hydrogen) atoms. The summed E-state index contributed by atoms with van der Waals surface area (Å²) in [7, 11) is 0. The van der Waals surface area contributed by atoms with Crippen molar-refractivity contribution in [2.45, 2.75) is 71.1 Å². The number of thioether (sulfide) groups is 1. The monoisotopic (exact) mass is 503 g/mol. The lowest BCUT2D eigenvalue weighted by Crippen LogP contribution is -2.58.